The summed E-state index contributed by atoms with van der Waals surface area (Å²) in [5.41, 5.74) is -0.0825. The molecule has 1 atom stereocenters. The smallest absolute Gasteiger partial charge is 0.329 e. The van der Waals surface area contributed by atoms with Crippen LogP contribution in [0.25, 0.3) is 0 Å². The van der Waals surface area contributed by atoms with Crippen LogP contribution in [0.4, 0.5) is 5.82 Å². The third-order valence-electron chi connectivity index (χ3n) is 3.46. The Morgan fingerprint density at radius 2 is 2.12 bits per heavy atom. The highest BCUT2D eigenvalue weighted by atomic mass is 16.4. The molecule has 0 radical (unpaired) electrons. The van der Waals surface area contributed by atoms with Crippen molar-refractivity contribution in [3.05, 3.63) is 18.1 Å². The van der Waals surface area contributed by atoms with Crippen molar-refractivity contribution in [1.29, 1.82) is 0 Å². The summed E-state index contributed by atoms with van der Waals surface area (Å²) in [5.74, 6) is -0.0978. The number of aryl methyl sites for hydroxylation is 1. The molecule has 1 fully saturated rings. The maximum atomic E-state index is 11.5. The second-order valence-corrected chi connectivity index (χ2v) is 4.65. The number of piperidine rings is 1. The van der Waals surface area contributed by atoms with Gasteiger partial charge in [-0.25, -0.2) is 9.78 Å². The van der Waals surface area contributed by atoms with Crippen LogP contribution in [0.2, 0.25) is 0 Å². The summed E-state index contributed by atoms with van der Waals surface area (Å²) in [6, 6.07) is 0. The van der Waals surface area contributed by atoms with Crippen LogP contribution in [0.3, 0.4) is 0 Å². The fourth-order valence-electron chi connectivity index (χ4n) is 2.35. The molecule has 0 bridgehead atoms. The minimum atomic E-state index is -0.862. The zero-order valence-electron chi connectivity index (χ0n) is 10.2. The van der Waals surface area contributed by atoms with Crippen molar-refractivity contribution in [3.8, 4) is 0 Å². The lowest BCUT2D eigenvalue weighted by atomic mass is 9.88. The average Bonchev–Trinajstić information content (AvgIpc) is 2.31. The molecule has 0 saturated carbocycles. The molecule has 2 heterocycles. The summed E-state index contributed by atoms with van der Waals surface area (Å²) in [4.78, 5) is 21.8. The van der Waals surface area contributed by atoms with E-state index >= 15 is 0 Å². The molecule has 0 spiro atoms. The quantitative estimate of drug-likeness (QED) is 0.843. The van der Waals surface area contributed by atoms with E-state index in [1.807, 2.05) is 11.8 Å². The van der Waals surface area contributed by atoms with Crippen LogP contribution >= 0.6 is 0 Å². The van der Waals surface area contributed by atoms with Gasteiger partial charge >= 0.3 is 5.97 Å². The van der Waals surface area contributed by atoms with Gasteiger partial charge in [0.2, 0.25) is 0 Å². The van der Waals surface area contributed by atoms with Gasteiger partial charge in [-0.2, -0.15) is 0 Å². The summed E-state index contributed by atoms with van der Waals surface area (Å²) in [7, 11) is 0. The molecule has 92 valence electrons. The molecular formula is C12H17N3O2. The van der Waals surface area contributed by atoms with Gasteiger partial charge in [0.05, 0.1) is 5.69 Å². The predicted octanol–water partition coefficient (Wildman–Crippen LogP) is 1.62. The van der Waals surface area contributed by atoms with Crippen molar-refractivity contribution in [3.63, 3.8) is 0 Å². The van der Waals surface area contributed by atoms with E-state index < -0.39 is 11.5 Å². The Kier molecular flexibility index (Phi) is 3.00. The fraction of sp³-hybridized carbons (Fsp3) is 0.583. The van der Waals surface area contributed by atoms with Gasteiger partial charge in [0.15, 0.2) is 5.82 Å². The third kappa shape index (κ3) is 1.97. The normalized spacial score (nSPS) is 24.7. The molecular weight excluding hydrogens is 218 g/mol. The number of rotatable bonds is 2. The lowest BCUT2D eigenvalue weighted by molar-refractivity contribution is -0.143. The molecule has 0 amide bonds. The Morgan fingerprint density at radius 1 is 1.41 bits per heavy atom. The Labute approximate surface area is 100 Å². The van der Waals surface area contributed by atoms with Crippen molar-refractivity contribution in [1.82, 2.24) is 9.97 Å². The maximum Gasteiger partial charge on any atom is 0.329 e. The summed E-state index contributed by atoms with van der Waals surface area (Å²) in [6.45, 7) is 4.35. The van der Waals surface area contributed by atoms with E-state index in [2.05, 4.69) is 9.97 Å². The molecule has 1 saturated heterocycles. The SMILES string of the molecule is Cc1nccnc1N1CCCCC1(C)C(=O)O. The topological polar surface area (TPSA) is 66.3 Å². The summed E-state index contributed by atoms with van der Waals surface area (Å²) in [5, 5.41) is 9.43. The monoisotopic (exact) mass is 235 g/mol. The highest BCUT2D eigenvalue weighted by molar-refractivity contribution is 5.83. The lowest BCUT2D eigenvalue weighted by Crippen LogP contribution is -2.56. The number of nitrogens with zero attached hydrogens (tertiary/aromatic N) is 3. The summed E-state index contributed by atoms with van der Waals surface area (Å²) >= 11 is 0. The van der Waals surface area contributed by atoms with Crippen molar-refractivity contribution < 1.29 is 9.90 Å². The van der Waals surface area contributed by atoms with Gasteiger partial charge in [0.1, 0.15) is 5.54 Å². The Hall–Kier alpha value is -1.65. The van der Waals surface area contributed by atoms with Crippen molar-refractivity contribution in [2.45, 2.75) is 38.6 Å². The van der Waals surface area contributed by atoms with E-state index in [1.54, 1.807) is 19.3 Å². The first-order valence-electron chi connectivity index (χ1n) is 5.84. The molecule has 17 heavy (non-hydrogen) atoms. The number of anilines is 1. The second-order valence-electron chi connectivity index (χ2n) is 4.65. The second kappa shape index (κ2) is 4.31. The van der Waals surface area contributed by atoms with Crippen LogP contribution in [0, 0.1) is 6.92 Å². The number of hydrogen-bond donors (Lipinski definition) is 1. The standard InChI is InChI=1S/C12H17N3O2/c1-9-10(14-7-6-13-9)15-8-4-3-5-12(15,2)11(16)17/h6-7H,3-5,8H2,1-2H3,(H,16,17). The molecule has 5 heteroatoms. The summed E-state index contributed by atoms with van der Waals surface area (Å²) in [6.07, 6.45) is 5.83. The lowest BCUT2D eigenvalue weighted by Gasteiger charge is -2.42. The van der Waals surface area contributed by atoms with Crippen molar-refractivity contribution in [2.24, 2.45) is 0 Å². The predicted molar refractivity (Wildman–Crippen MR) is 64.0 cm³/mol. The highest BCUT2D eigenvalue weighted by Gasteiger charge is 2.42. The van der Waals surface area contributed by atoms with Crippen LogP contribution < -0.4 is 4.90 Å². The average molecular weight is 235 g/mol. The maximum absolute atomic E-state index is 11.5. The fourth-order valence-corrected chi connectivity index (χ4v) is 2.35. The Bertz CT molecular complexity index is 436. The Morgan fingerprint density at radius 3 is 2.76 bits per heavy atom. The van der Waals surface area contributed by atoms with E-state index in [0.717, 1.165) is 25.1 Å². The minimum Gasteiger partial charge on any atom is -0.480 e. The first-order chi connectivity index (χ1) is 8.05. The third-order valence-corrected chi connectivity index (χ3v) is 3.46. The number of hydrogen-bond acceptors (Lipinski definition) is 4. The summed E-state index contributed by atoms with van der Waals surface area (Å²) < 4.78 is 0. The van der Waals surface area contributed by atoms with E-state index in [-0.39, 0.29) is 0 Å². The zero-order chi connectivity index (χ0) is 12.5. The molecule has 5 nitrogen and oxygen atoms in total. The van der Waals surface area contributed by atoms with Crippen molar-refractivity contribution in [2.75, 3.05) is 11.4 Å². The van der Waals surface area contributed by atoms with Gasteiger partial charge in [-0.1, -0.05) is 0 Å². The Balaban J connectivity index is 2.42. The van der Waals surface area contributed by atoms with Crippen LogP contribution in [-0.4, -0.2) is 33.1 Å². The van der Waals surface area contributed by atoms with E-state index in [0.29, 0.717) is 12.2 Å². The first-order valence-corrected chi connectivity index (χ1v) is 5.84. The van der Waals surface area contributed by atoms with Gasteiger partial charge in [0.25, 0.3) is 0 Å². The van der Waals surface area contributed by atoms with Crippen LogP contribution in [-0.2, 0) is 4.79 Å². The molecule has 0 aliphatic carbocycles. The van der Waals surface area contributed by atoms with Gasteiger partial charge < -0.3 is 10.0 Å². The van der Waals surface area contributed by atoms with E-state index in [9.17, 15) is 9.90 Å². The zero-order valence-corrected chi connectivity index (χ0v) is 10.2. The van der Waals surface area contributed by atoms with Crippen LogP contribution in [0.1, 0.15) is 31.9 Å². The highest BCUT2D eigenvalue weighted by Crippen LogP contribution is 2.32. The minimum absolute atomic E-state index is 0.651. The van der Waals surface area contributed by atoms with Crippen LogP contribution in [0.5, 0.6) is 0 Å². The number of carbonyl (C=O) groups is 1. The largest absolute Gasteiger partial charge is 0.480 e. The number of carboxylic acid groups (broad SMARTS) is 1. The van der Waals surface area contributed by atoms with Crippen molar-refractivity contribution >= 4 is 11.8 Å². The number of aliphatic carboxylic acids is 1. The molecule has 1 aromatic rings. The number of carboxylic acids is 1. The molecule has 0 aromatic carbocycles. The van der Waals surface area contributed by atoms with E-state index in [4.69, 9.17) is 0 Å². The van der Waals surface area contributed by atoms with E-state index in [1.165, 1.54) is 0 Å². The first kappa shape index (κ1) is 11.8. The van der Waals surface area contributed by atoms with Gasteiger partial charge in [-0.3, -0.25) is 4.98 Å². The molecule has 1 aromatic heterocycles. The molecule has 1 aliphatic rings. The van der Waals surface area contributed by atoms with Gasteiger partial charge in [-0.05, 0) is 33.1 Å². The molecule has 1 N–H and O–H groups in total. The number of aromatic nitrogens is 2. The molecule has 2 rings (SSSR count). The molecule has 1 aliphatic heterocycles. The van der Waals surface area contributed by atoms with Gasteiger partial charge in [-0.15, -0.1) is 0 Å². The van der Waals surface area contributed by atoms with Gasteiger partial charge in [0, 0.05) is 18.9 Å². The van der Waals surface area contributed by atoms with Crippen LogP contribution in [0.15, 0.2) is 12.4 Å². The molecule has 1 unspecified atom stereocenters.